The van der Waals surface area contributed by atoms with Crippen molar-refractivity contribution in [3.8, 4) is 11.4 Å². The van der Waals surface area contributed by atoms with Crippen LogP contribution in [0.25, 0.3) is 11.4 Å². The van der Waals surface area contributed by atoms with Gasteiger partial charge in [-0.15, -0.1) is 5.10 Å². The van der Waals surface area contributed by atoms with Gasteiger partial charge in [-0.2, -0.15) is 4.98 Å². The van der Waals surface area contributed by atoms with Crippen molar-refractivity contribution < 1.29 is 4.39 Å². The Morgan fingerprint density at radius 2 is 2.30 bits per heavy atom. The minimum Gasteiger partial charge on any atom is -0.337 e. The summed E-state index contributed by atoms with van der Waals surface area (Å²) in [6.07, 6.45) is 0. The fraction of sp³-hybridized carbons (Fsp3) is 0.385. The van der Waals surface area contributed by atoms with Crippen LogP contribution < -0.4 is 10.2 Å². The highest BCUT2D eigenvalue weighted by molar-refractivity contribution is 9.10. The van der Waals surface area contributed by atoms with Crippen molar-refractivity contribution in [1.29, 1.82) is 0 Å². The first-order chi connectivity index (χ1) is 9.63. The van der Waals surface area contributed by atoms with E-state index in [0.717, 1.165) is 19.6 Å². The van der Waals surface area contributed by atoms with Gasteiger partial charge < -0.3 is 10.2 Å². The van der Waals surface area contributed by atoms with Crippen LogP contribution in [0, 0.1) is 5.82 Å². The quantitative estimate of drug-likeness (QED) is 0.880. The zero-order valence-electron chi connectivity index (χ0n) is 11.0. The lowest BCUT2D eigenvalue weighted by molar-refractivity contribution is 0.480. The first-order valence-corrected chi connectivity index (χ1v) is 7.29. The van der Waals surface area contributed by atoms with Crippen molar-refractivity contribution in [3.05, 3.63) is 28.5 Å². The van der Waals surface area contributed by atoms with Gasteiger partial charge in [0.2, 0.25) is 5.95 Å². The Kier molecular flexibility index (Phi) is 3.71. The average Bonchev–Trinajstić information content (AvgIpc) is 2.92. The number of hydrogen-bond donors (Lipinski definition) is 2. The van der Waals surface area contributed by atoms with E-state index in [-0.39, 0.29) is 5.82 Å². The third kappa shape index (κ3) is 2.69. The van der Waals surface area contributed by atoms with E-state index in [0.29, 0.717) is 27.9 Å². The second-order valence-electron chi connectivity index (χ2n) is 4.91. The number of aromatic amines is 1. The standard InChI is InChI=1S/C13H15BrFN5/c1-8-7-20(5-4-16-8)13-17-12(18-19-13)9-2-3-10(14)11(15)6-9/h2-3,6,8,16H,4-5,7H2,1H3,(H,17,18,19)/t8-/m0/s1. The van der Waals surface area contributed by atoms with E-state index in [1.54, 1.807) is 12.1 Å². The summed E-state index contributed by atoms with van der Waals surface area (Å²) >= 11 is 3.14. The van der Waals surface area contributed by atoms with Gasteiger partial charge in [-0.1, -0.05) is 0 Å². The summed E-state index contributed by atoms with van der Waals surface area (Å²) in [6.45, 7) is 4.78. The molecule has 3 rings (SSSR count). The second-order valence-corrected chi connectivity index (χ2v) is 5.77. The van der Waals surface area contributed by atoms with Gasteiger partial charge in [0.1, 0.15) is 5.82 Å². The zero-order chi connectivity index (χ0) is 14.1. The second kappa shape index (κ2) is 5.49. The maximum atomic E-state index is 13.5. The van der Waals surface area contributed by atoms with Crippen LogP contribution in [-0.4, -0.2) is 40.9 Å². The molecule has 1 fully saturated rings. The molecule has 0 spiro atoms. The molecule has 1 aromatic heterocycles. The van der Waals surface area contributed by atoms with Gasteiger partial charge in [-0.3, -0.25) is 5.10 Å². The molecule has 0 aliphatic carbocycles. The van der Waals surface area contributed by atoms with Crippen molar-refractivity contribution in [3.63, 3.8) is 0 Å². The molecular formula is C13H15BrFN5. The number of hydrogen-bond acceptors (Lipinski definition) is 4. The minimum atomic E-state index is -0.309. The number of aromatic nitrogens is 3. The summed E-state index contributed by atoms with van der Waals surface area (Å²) in [5, 5.41) is 10.5. The number of nitrogens with zero attached hydrogens (tertiary/aromatic N) is 3. The molecule has 1 aliphatic rings. The summed E-state index contributed by atoms with van der Waals surface area (Å²) in [7, 11) is 0. The summed E-state index contributed by atoms with van der Waals surface area (Å²) in [4.78, 5) is 6.58. The maximum Gasteiger partial charge on any atom is 0.245 e. The van der Waals surface area contributed by atoms with Gasteiger partial charge in [0.05, 0.1) is 4.47 Å². The van der Waals surface area contributed by atoms with Crippen LogP contribution >= 0.6 is 15.9 Å². The van der Waals surface area contributed by atoms with Crippen LogP contribution in [0.2, 0.25) is 0 Å². The SMILES string of the molecule is C[C@H]1CN(c2n[nH]c(-c3ccc(Br)c(F)c3)n2)CCN1. The lowest BCUT2D eigenvalue weighted by atomic mass is 10.2. The minimum absolute atomic E-state index is 0.309. The summed E-state index contributed by atoms with van der Waals surface area (Å²) in [5.41, 5.74) is 0.688. The van der Waals surface area contributed by atoms with E-state index in [9.17, 15) is 4.39 Å². The molecule has 7 heteroatoms. The summed E-state index contributed by atoms with van der Waals surface area (Å²) in [6, 6.07) is 5.32. The van der Waals surface area contributed by atoms with Crippen molar-refractivity contribution >= 4 is 21.9 Å². The predicted octanol–water partition coefficient (Wildman–Crippen LogP) is 2.17. The lowest BCUT2D eigenvalue weighted by Gasteiger charge is -2.30. The highest BCUT2D eigenvalue weighted by atomic mass is 79.9. The van der Waals surface area contributed by atoms with E-state index >= 15 is 0 Å². The predicted molar refractivity (Wildman–Crippen MR) is 79.2 cm³/mol. The van der Waals surface area contributed by atoms with Gasteiger partial charge in [-0.25, -0.2) is 4.39 Å². The topological polar surface area (TPSA) is 56.8 Å². The molecule has 0 amide bonds. The highest BCUT2D eigenvalue weighted by Crippen LogP contribution is 2.23. The van der Waals surface area contributed by atoms with E-state index in [1.807, 2.05) is 0 Å². The van der Waals surface area contributed by atoms with E-state index in [2.05, 4.69) is 48.3 Å². The van der Waals surface area contributed by atoms with Crippen LogP contribution in [-0.2, 0) is 0 Å². The molecule has 0 saturated carbocycles. The highest BCUT2D eigenvalue weighted by Gasteiger charge is 2.19. The monoisotopic (exact) mass is 339 g/mol. The van der Waals surface area contributed by atoms with Crippen molar-refractivity contribution in [1.82, 2.24) is 20.5 Å². The molecule has 1 aliphatic heterocycles. The zero-order valence-corrected chi connectivity index (χ0v) is 12.6. The Hall–Kier alpha value is -1.47. The third-order valence-electron chi connectivity index (χ3n) is 3.32. The fourth-order valence-electron chi connectivity index (χ4n) is 2.28. The van der Waals surface area contributed by atoms with Gasteiger partial charge in [0.25, 0.3) is 0 Å². The Bertz CT molecular complexity index is 615. The third-order valence-corrected chi connectivity index (χ3v) is 3.96. The van der Waals surface area contributed by atoms with Crippen LogP contribution in [0.4, 0.5) is 10.3 Å². The molecule has 106 valence electrons. The largest absolute Gasteiger partial charge is 0.337 e. The number of anilines is 1. The van der Waals surface area contributed by atoms with Crippen LogP contribution in [0.3, 0.4) is 0 Å². The number of rotatable bonds is 2. The normalized spacial score (nSPS) is 19.4. The fourth-order valence-corrected chi connectivity index (χ4v) is 2.53. The smallest absolute Gasteiger partial charge is 0.245 e. The molecule has 2 heterocycles. The van der Waals surface area contributed by atoms with Crippen molar-refractivity contribution in [2.24, 2.45) is 0 Å². The number of nitrogens with one attached hydrogen (secondary N) is 2. The van der Waals surface area contributed by atoms with E-state index in [4.69, 9.17) is 0 Å². The molecule has 5 nitrogen and oxygen atoms in total. The Balaban J connectivity index is 1.84. The number of piperazine rings is 1. The van der Waals surface area contributed by atoms with Gasteiger partial charge in [0, 0.05) is 31.2 Å². The number of benzene rings is 1. The Morgan fingerprint density at radius 1 is 1.45 bits per heavy atom. The molecule has 0 bridgehead atoms. The van der Waals surface area contributed by atoms with E-state index in [1.165, 1.54) is 6.07 Å². The van der Waals surface area contributed by atoms with Crippen LogP contribution in [0.5, 0.6) is 0 Å². The average molecular weight is 340 g/mol. The molecule has 0 unspecified atom stereocenters. The maximum absolute atomic E-state index is 13.5. The first kappa shape index (κ1) is 13.5. The summed E-state index contributed by atoms with van der Waals surface area (Å²) in [5.74, 6) is 0.936. The molecule has 20 heavy (non-hydrogen) atoms. The Labute approximate surface area is 124 Å². The molecular weight excluding hydrogens is 325 g/mol. The molecule has 1 aromatic carbocycles. The molecule has 1 saturated heterocycles. The molecule has 2 N–H and O–H groups in total. The lowest BCUT2D eigenvalue weighted by Crippen LogP contribution is -2.49. The Morgan fingerprint density at radius 3 is 3.05 bits per heavy atom. The first-order valence-electron chi connectivity index (χ1n) is 6.49. The molecule has 0 radical (unpaired) electrons. The van der Waals surface area contributed by atoms with Crippen molar-refractivity contribution in [2.75, 3.05) is 24.5 Å². The van der Waals surface area contributed by atoms with Crippen LogP contribution in [0.15, 0.2) is 22.7 Å². The van der Waals surface area contributed by atoms with Crippen molar-refractivity contribution in [2.45, 2.75) is 13.0 Å². The van der Waals surface area contributed by atoms with Gasteiger partial charge >= 0.3 is 0 Å². The van der Waals surface area contributed by atoms with E-state index < -0.39 is 0 Å². The summed E-state index contributed by atoms with van der Waals surface area (Å²) < 4.78 is 14.0. The molecule has 2 aromatic rings. The van der Waals surface area contributed by atoms with Crippen LogP contribution in [0.1, 0.15) is 6.92 Å². The number of halogens is 2. The van der Waals surface area contributed by atoms with Gasteiger partial charge in [-0.05, 0) is 41.1 Å². The molecule has 1 atom stereocenters. The van der Waals surface area contributed by atoms with Gasteiger partial charge in [0.15, 0.2) is 5.82 Å². The number of H-pyrrole nitrogens is 1.